The molecule has 0 aliphatic rings. The van der Waals surface area contributed by atoms with Crippen LogP contribution in [0.3, 0.4) is 0 Å². The van der Waals surface area contributed by atoms with Crippen LogP contribution in [0.1, 0.15) is 110 Å². The van der Waals surface area contributed by atoms with Gasteiger partial charge in [-0.25, -0.2) is 4.98 Å². The number of nitrogens with zero attached hydrogens (tertiary/aromatic N) is 3. The zero-order valence-electron chi connectivity index (χ0n) is 39.9. The SMILES string of the molecule is CCCCC(Oc1ccc(C)cc1C)C(=O)Nc1cc(Cl)c(CC)c(Cl)c1O.CCc1c(Cl)cc(C)c(O)c1Cl.Cc1ccc(OC(C)C(=O)NCC(C)c2nc3c(Cl)c(C)[nH]n3n2)c(C)c1. The van der Waals surface area contributed by atoms with Crippen molar-refractivity contribution >= 4 is 81.2 Å². The number of aromatic amines is 1. The number of phenols is 2. The Bertz CT molecular complexity index is 2680. The number of aromatic nitrogens is 4. The van der Waals surface area contributed by atoms with Crippen LogP contribution in [0.25, 0.3) is 5.65 Å². The van der Waals surface area contributed by atoms with Crippen molar-refractivity contribution in [2.45, 2.75) is 126 Å². The standard InChI is InChI=1S/C22H27Cl2NO3.C19H24ClN5O2.C9H10Cl2O/c1-5-7-8-19(28-18-10-9-13(3)11-14(18)4)22(27)25-17-12-16(23)15(6-2)20(24)21(17)26;1-10-6-7-15(11(2)8-10)27-14(5)19(26)21-9-12(3)17-22-18-16(20)13(4)23-25(18)24-17;1-3-6-7(10)4-5(2)9(12)8(6)11/h9-12,19,26H,5-8H2,1-4H3,(H,25,27);6-8,12,14,23H,9H2,1-5H3,(H,21,26);4,12H,3H2,1-2H3. The van der Waals surface area contributed by atoms with E-state index in [9.17, 15) is 19.8 Å². The van der Waals surface area contributed by atoms with E-state index >= 15 is 0 Å². The van der Waals surface area contributed by atoms with Gasteiger partial charge in [0.1, 0.15) is 22.3 Å². The van der Waals surface area contributed by atoms with Gasteiger partial charge in [-0.1, -0.05) is 128 Å². The molecule has 0 fully saturated rings. The molecule has 0 bridgehead atoms. The zero-order valence-corrected chi connectivity index (χ0v) is 43.6. The number of nitrogens with one attached hydrogen (secondary N) is 3. The molecule has 2 heterocycles. The number of aromatic hydroxyl groups is 2. The number of benzene rings is 4. The van der Waals surface area contributed by atoms with Crippen LogP contribution in [-0.4, -0.2) is 60.6 Å². The molecule has 67 heavy (non-hydrogen) atoms. The second kappa shape index (κ2) is 25.0. The highest BCUT2D eigenvalue weighted by Crippen LogP contribution is 2.40. The molecule has 0 aliphatic carbocycles. The van der Waals surface area contributed by atoms with Crippen LogP contribution in [0.15, 0.2) is 48.5 Å². The molecule has 0 spiro atoms. The number of fused-ring (bicyclic) bond motifs is 1. The molecule has 4 aromatic carbocycles. The Morgan fingerprint density at radius 1 is 0.731 bits per heavy atom. The van der Waals surface area contributed by atoms with E-state index in [4.69, 9.17) is 67.5 Å². The van der Waals surface area contributed by atoms with Crippen molar-refractivity contribution in [1.82, 2.24) is 25.1 Å². The number of phenolic OH excluding ortho intramolecular Hbond substituents is 2. The first-order valence-electron chi connectivity index (χ1n) is 22.1. The van der Waals surface area contributed by atoms with Gasteiger partial charge in [-0.15, -0.1) is 5.10 Å². The van der Waals surface area contributed by atoms with Crippen LogP contribution in [0.2, 0.25) is 25.1 Å². The summed E-state index contributed by atoms with van der Waals surface area (Å²) >= 11 is 30.4. The Morgan fingerprint density at radius 3 is 1.82 bits per heavy atom. The predicted molar refractivity (Wildman–Crippen MR) is 273 cm³/mol. The van der Waals surface area contributed by atoms with Gasteiger partial charge in [0.15, 0.2) is 29.4 Å². The normalized spacial score (nSPS) is 12.3. The van der Waals surface area contributed by atoms with Gasteiger partial charge in [-0.05, 0) is 126 Å². The summed E-state index contributed by atoms with van der Waals surface area (Å²) in [7, 11) is 0. The zero-order chi connectivity index (χ0) is 49.9. The largest absolute Gasteiger partial charge is 0.506 e. The minimum atomic E-state index is -0.691. The van der Waals surface area contributed by atoms with Gasteiger partial charge in [0.2, 0.25) is 0 Å². The van der Waals surface area contributed by atoms with Crippen molar-refractivity contribution in [3.63, 3.8) is 0 Å². The maximum absolute atomic E-state index is 12.9. The first kappa shape index (κ1) is 54.8. The Morgan fingerprint density at radius 2 is 1.28 bits per heavy atom. The number of anilines is 1. The molecule has 12 nitrogen and oxygen atoms in total. The van der Waals surface area contributed by atoms with Gasteiger partial charge in [-0.3, -0.25) is 14.7 Å². The molecule has 3 unspecified atom stereocenters. The first-order chi connectivity index (χ1) is 31.6. The van der Waals surface area contributed by atoms with E-state index in [1.54, 1.807) is 24.5 Å². The number of amides is 2. The van der Waals surface area contributed by atoms with Crippen molar-refractivity contribution < 1.29 is 29.3 Å². The number of aryl methyl sites for hydroxylation is 6. The highest BCUT2D eigenvalue weighted by atomic mass is 35.5. The van der Waals surface area contributed by atoms with Crippen LogP contribution in [-0.2, 0) is 22.4 Å². The second-order valence-electron chi connectivity index (χ2n) is 16.5. The highest BCUT2D eigenvalue weighted by Gasteiger charge is 2.24. The summed E-state index contributed by atoms with van der Waals surface area (Å²) in [6.07, 6.45) is 2.36. The van der Waals surface area contributed by atoms with Gasteiger partial charge in [0, 0.05) is 22.5 Å². The fourth-order valence-corrected chi connectivity index (χ4v) is 8.60. The summed E-state index contributed by atoms with van der Waals surface area (Å²) in [4.78, 5) is 29.7. The summed E-state index contributed by atoms with van der Waals surface area (Å²) in [5.74, 6) is 1.36. The summed E-state index contributed by atoms with van der Waals surface area (Å²) < 4.78 is 13.4. The number of halogens is 5. The maximum atomic E-state index is 12.9. The van der Waals surface area contributed by atoms with E-state index < -0.39 is 12.2 Å². The molecule has 2 aromatic heterocycles. The average molecular weight is 1020 g/mol. The number of hydrogen-bond donors (Lipinski definition) is 5. The number of hydrogen-bond acceptors (Lipinski definition) is 8. The molecule has 0 saturated carbocycles. The molecule has 362 valence electrons. The van der Waals surface area contributed by atoms with Crippen molar-refractivity contribution in [3.8, 4) is 23.0 Å². The molecular weight excluding hydrogens is 958 g/mol. The topological polar surface area (TPSA) is 163 Å². The van der Waals surface area contributed by atoms with E-state index in [2.05, 4.69) is 32.7 Å². The molecule has 6 rings (SSSR count). The van der Waals surface area contributed by atoms with Crippen molar-refractivity contribution in [3.05, 3.63) is 124 Å². The minimum Gasteiger partial charge on any atom is -0.506 e. The summed E-state index contributed by atoms with van der Waals surface area (Å²) in [5, 5.41) is 35.0. The molecule has 2 amide bonds. The number of H-pyrrole nitrogens is 1. The van der Waals surface area contributed by atoms with Crippen molar-refractivity contribution in [1.29, 1.82) is 0 Å². The quantitative estimate of drug-likeness (QED) is 0.0635. The van der Waals surface area contributed by atoms with Crippen LogP contribution in [0.4, 0.5) is 5.69 Å². The van der Waals surface area contributed by atoms with E-state index in [0.29, 0.717) is 73.6 Å². The molecule has 5 N–H and O–H groups in total. The molecule has 0 radical (unpaired) electrons. The van der Waals surface area contributed by atoms with Gasteiger partial charge in [0.05, 0.1) is 21.4 Å². The van der Waals surface area contributed by atoms with Gasteiger partial charge in [-0.2, -0.15) is 4.63 Å². The third-order valence-electron chi connectivity index (χ3n) is 10.9. The Hall–Kier alpha value is -4.85. The molecule has 0 saturated heterocycles. The number of unbranched alkanes of at least 4 members (excludes halogenated alkanes) is 1. The third kappa shape index (κ3) is 14.3. The fourth-order valence-electron chi connectivity index (χ4n) is 6.89. The van der Waals surface area contributed by atoms with E-state index in [0.717, 1.165) is 52.8 Å². The molecule has 6 aromatic rings. The van der Waals surface area contributed by atoms with E-state index in [1.807, 2.05) is 91.8 Å². The Labute approximate surface area is 418 Å². The van der Waals surface area contributed by atoms with Gasteiger partial charge >= 0.3 is 0 Å². The lowest BCUT2D eigenvalue weighted by Crippen LogP contribution is -2.38. The lowest BCUT2D eigenvalue weighted by atomic mass is 10.1. The number of carbonyl (C=O) groups excluding carboxylic acids is 2. The smallest absolute Gasteiger partial charge is 0.265 e. The van der Waals surface area contributed by atoms with Crippen LogP contribution < -0.4 is 20.1 Å². The first-order valence-corrected chi connectivity index (χ1v) is 24.0. The molecule has 3 atom stereocenters. The average Bonchev–Trinajstić information content (AvgIpc) is 3.81. The summed E-state index contributed by atoms with van der Waals surface area (Å²) in [6.45, 7) is 21.6. The maximum Gasteiger partial charge on any atom is 0.265 e. The summed E-state index contributed by atoms with van der Waals surface area (Å²) in [6, 6.07) is 15.0. The van der Waals surface area contributed by atoms with Crippen LogP contribution in [0, 0.1) is 41.5 Å². The lowest BCUT2D eigenvalue weighted by Gasteiger charge is -2.21. The summed E-state index contributed by atoms with van der Waals surface area (Å²) in [5.41, 5.74) is 8.02. The molecule has 17 heteroatoms. The predicted octanol–water partition coefficient (Wildman–Crippen LogP) is 13.3. The highest BCUT2D eigenvalue weighted by molar-refractivity contribution is 6.38. The van der Waals surface area contributed by atoms with Crippen molar-refractivity contribution in [2.75, 3.05) is 11.9 Å². The number of rotatable bonds is 15. The van der Waals surface area contributed by atoms with Gasteiger partial charge < -0.3 is 30.3 Å². The minimum absolute atomic E-state index is 0.0630. The van der Waals surface area contributed by atoms with Crippen molar-refractivity contribution in [2.24, 2.45) is 0 Å². The molecule has 0 aliphatic heterocycles. The Balaban J connectivity index is 0.000000236. The van der Waals surface area contributed by atoms with Crippen LogP contribution in [0.5, 0.6) is 23.0 Å². The van der Waals surface area contributed by atoms with Gasteiger partial charge in [0.25, 0.3) is 11.8 Å². The van der Waals surface area contributed by atoms with Crippen LogP contribution >= 0.6 is 58.0 Å². The lowest BCUT2D eigenvalue weighted by molar-refractivity contribution is -0.127. The monoisotopic (exact) mass is 1020 g/mol. The fraction of sp³-hybridized carbons (Fsp3) is 0.400. The number of ether oxygens (including phenoxy) is 2. The number of carbonyl (C=O) groups is 2. The Kier molecular flexibility index (Phi) is 20.4. The third-order valence-corrected chi connectivity index (χ3v) is 12.8. The van der Waals surface area contributed by atoms with E-state index in [1.165, 1.54) is 6.07 Å². The second-order valence-corrected chi connectivity index (χ2v) is 18.5. The molecular formula is C50H61Cl5N6O6. The van der Waals surface area contributed by atoms with E-state index in [-0.39, 0.29) is 39.9 Å².